The molecule has 2 aromatic heterocycles. The van der Waals surface area contributed by atoms with Crippen LogP contribution in [-0.4, -0.2) is 58.9 Å². The van der Waals surface area contributed by atoms with Crippen molar-refractivity contribution in [1.82, 2.24) is 9.88 Å². The molecule has 0 unspecified atom stereocenters. The number of rotatable bonds is 11. The molecule has 13 heteroatoms. The summed E-state index contributed by atoms with van der Waals surface area (Å²) in [6.45, 7) is 5.28. The molecule has 0 fully saturated rings. The van der Waals surface area contributed by atoms with Gasteiger partial charge in [0.05, 0.1) is 10.6 Å². The van der Waals surface area contributed by atoms with E-state index >= 15 is 0 Å². The monoisotopic (exact) mass is 705 g/mol. The van der Waals surface area contributed by atoms with Crippen molar-refractivity contribution in [2.24, 2.45) is 0 Å². The number of thiophene rings is 1. The Morgan fingerprint density at radius 3 is 2.50 bits per heavy atom. The lowest BCUT2D eigenvalue weighted by Crippen LogP contribution is -2.46. The number of halogens is 1. The van der Waals surface area contributed by atoms with Crippen molar-refractivity contribution in [1.29, 1.82) is 5.26 Å². The predicted molar refractivity (Wildman–Crippen MR) is 180 cm³/mol. The molecular weight excluding hydrogens is 674 g/mol. The van der Waals surface area contributed by atoms with Gasteiger partial charge >= 0.3 is 6.09 Å². The molecule has 11 nitrogen and oxygen atoms in total. The summed E-state index contributed by atoms with van der Waals surface area (Å²) in [5.74, 6) is -0.274. The highest BCUT2D eigenvalue weighted by Crippen LogP contribution is 2.38. The van der Waals surface area contributed by atoms with Gasteiger partial charge in [0.15, 0.2) is 12.6 Å². The standard InChI is InChI=1S/C33H32BrN5O6S/c1-33(2,3)39(32(42)43)13-12-29(40)36-22-8-5-7-20(15-22)24-17-26(23-11-10-21(34)16-27(23)45-19-44-4)37-30(25(24)18-35)38-31(41)28-9-6-14-46-28/h5-11,14-17H,12-13,19H2,1-4H3,(H,36,40)(H,42,43)(H,37,38,41). The minimum atomic E-state index is -1.11. The minimum Gasteiger partial charge on any atom is -0.467 e. The second-order valence-electron chi connectivity index (χ2n) is 11.0. The van der Waals surface area contributed by atoms with Crippen LogP contribution in [0.2, 0.25) is 0 Å². The molecule has 0 bridgehead atoms. The van der Waals surface area contributed by atoms with Gasteiger partial charge in [0.1, 0.15) is 17.4 Å². The number of pyridine rings is 1. The number of hydrogen-bond acceptors (Lipinski definition) is 8. The predicted octanol–water partition coefficient (Wildman–Crippen LogP) is 7.45. The van der Waals surface area contributed by atoms with Gasteiger partial charge in [-0.3, -0.25) is 9.59 Å². The third-order valence-electron chi connectivity index (χ3n) is 6.72. The van der Waals surface area contributed by atoms with Crippen LogP contribution in [0.25, 0.3) is 22.4 Å². The van der Waals surface area contributed by atoms with Crippen molar-refractivity contribution < 1.29 is 29.0 Å². The zero-order valence-electron chi connectivity index (χ0n) is 25.6. The number of nitrogens with zero attached hydrogens (tertiary/aromatic N) is 3. The molecule has 0 aliphatic carbocycles. The van der Waals surface area contributed by atoms with E-state index in [9.17, 15) is 24.8 Å². The smallest absolute Gasteiger partial charge is 0.407 e. The molecular formula is C33H32BrN5O6S. The Morgan fingerprint density at radius 2 is 1.85 bits per heavy atom. The van der Waals surface area contributed by atoms with E-state index in [-0.39, 0.29) is 37.0 Å². The molecule has 3 N–H and O–H groups in total. The molecule has 4 aromatic rings. The minimum absolute atomic E-state index is 0.0176. The molecule has 46 heavy (non-hydrogen) atoms. The summed E-state index contributed by atoms with van der Waals surface area (Å²) in [6.07, 6.45) is -1.16. The maximum absolute atomic E-state index is 13.1. The van der Waals surface area contributed by atoms with Gasteiger partial charge in [0.25, 0.3) is 5.91 Å². The van der Waals surface area contributed by atoms with Crippen molar-refractivity contribution in [3.8, 4) is 34.2 Å². The van der Waals surface area contributed by atoms with E-state index in [0.717, 1.165) is 4.47 Å². The SMILES string of the molecule is COCOc1cc(Br)ccc1-c1cc(-c2cccc(NC(=O)CCN(C(=O)O)C(C)(C)C)c2)c(C#N)c(NC(=O)c2cccs2)n1. The fourth-order valence-corrected chi connectivity index (χ4v) is 5.52. The Bertz CT molecular complexity index is 1780. The largest absolute Gasteiger partial charge is 0.467 e. The van der Waals surface area contributed by atoms with Crippen molar-refractivity contribution in [2.45, 2.75) is 32.7 Å². The Morgan fingerprint density at radius 1 is 1.07 bits per heavy atom. The van der Waals surface area contributed by atoms with E-state index in [1.807, 2.05) is 6.07 Å². The fourth-order valence-electron chi connectivity index (χ4n) is 4.56. The van der Waals surface area contributed by atoms with E-state index in [1.54, 1.807) is 80.7 Å². The normalized spacial score (nSPS) is 11.0. The quantitative estimate of drug-likeness (QED) is 0.136. The molecule has 238 valence electrons. The van der Waals surface area contributed by atoms with Crippen LogP contribution in [0.4, 0.5) is 16.3 Å². The number of ether oxygens (including phenoxy) is 2. The zero-order valence-corrected chi connectivity index (χ0v) is 28.0. The van der Waals surface area contributed by atoms with Gasteiger partial charge in [0, 0.05) is 46.9 Å². The fraction of sp³-hybridized carbons (Fsp3) is 0.242. The maximum atomic E-state index is 13.1. The molecule has 0 atom stereocenters. The Labute approximate surface area is 278 Å². The number of benzene rings is 2. The number of aromatic nitrogens is 1. The first-order valence-corrected chi connectivity index (χ1v) is 15.7. The average molecular weight is 707 g/mol. The number of methoxy groups -OCH3 is 1. The van der Waals surface area contributed by atoms with Crippen LogP contribution < -0.4 is 15.4 Å². The Kier molecular flexibility index (Phi) is 11.1. The first-order valence-electron chi connectivity index (χ1n) is 14.0. The molecule has 2 aromatic carbocycles. The highest BCUT2D eigenvalue weighted by Gasteiger charge is 2.26. The molecule has 4 rings (SSSR count). The summed E-state index contributed by atoms with van der Waals surface area (Å²) in [7, 11) is 1.51. The highest BCUT2D eigenvalue weighted by molar-refractivity contribution is 9.10. The number of nitrogens with one attached hydrogen (secondary N) is 2. The number of nitriles is 1. The van der Waals surface area contributed by atoms with E-state index in [4.69, 9.17) is 9.47 Å². The van der Waals surface area contributed by atoms with Crippen molar-refractivity contribution in [2.75, 3.05) is 31.1 Å². The molecule has 0 radical (unpaired) electrons. The first-order chi connectivity index (χ1) is 21.9. The van der Waals surface area contributed by atoms with Gasteiger partial charge in [0.2, 0.25) is 5.91 Å². The van der Waals surface area contributed by atoms with Crippen molar-refractivity contribution in [3.05, 3.63) is 81.0 Å². The molecule has 0 aliphatic heterocycles. The van der Waals surface area contributed by atoms with Gasteiger partial charge in [-0.05, 0) is 74.2 Å². The highest BCUT2D eigenvalue weighted by atomic mass is 79.9. The maximum Gasteiger partial charge on any atom is 0.407 e. The Hall–Kier alpha value is -4.77. The number of amides is 3. The van der Waals surface area contributed by atoms with E-state index in [2.05, 4.69) is 37.6 Å². The van der Waals surface area contributed by atoms with E-state index in [1.165, 1.54) is 23.3 Å². The van der Waals surface area contributed by atoms with Crippen molar-refractivity contribution in [3.63, 3.8) is 0 Å². The number of carboxylic acid groups (broad SMARTS) is 1. The molecule has 0 saturated carbocycles. The van der Waals surface area contributed by atoms with Gasteiger partial charge in [-0.15, -0.1) is 11.3 Å². The lowest BCUT2D eigenvalue weighted by atomic mass is 9.97. The summed E-state index contributed by atoms with van der Waals surface area (Å²) < 4.78 is 11.7. The third kappa shape index (κ3) is 8.48. The van der Waals surface area contributed by atoms with E-state index < -0.39 is 17.5 Å². The molecule has 0 spiro atoms. The second kappa shape index (κ2) is 15.0. The number of carbonyl (C=O) groups excluding carboxylic acids is 2. The van der Waals surface area contributed by atoms with Gasteiger partial charge in [-0.2, -0.15) is 5.26 Å². The van der Waals surface area contributed by atoms with Crippen LogP contribution in [0.1, 0.15) is 42.4 Å². The van der Waals surface area contributed by atoms with Crippen LogP contribution >= 0.6 is 27.3 Å². The summed E-state index contributed by atoms with van der Waals surface area (Å²) in [4.78, 5) is 44.0. The van der Waals surface area contributed by atoms with Crippen LogP contribution in [0, 0.1) is 11.3 Å². The molecule has 0 aliphatic rings. The number of carbonyl (C=O) groups is 3. The van der Waals surface area contributed by atoms with Crippen LogP contribution in [0.15, 0.2) is 70.5 Å². The van der Waals surface area contributed by atoms with E-state index in [0.29, 0.717) is 38.7 Å². The topological polar surface area (TPSA) is 154 Å². The summed E-state index contributed by atoms with van der Waals surface area (Å²) in [5.41, 5.74) is 1.93. The number of hydrogen-bond donors (Lipinski definition) is 3. The van der Waals surface area contributed by atoms with Gasteiger partial charge < -0.3 is 30.1 Å². The zero-order chi connectivity index (χ0) is 33.4. The lowest BCUT2D eigenvalue weighted by molar-refractivity contribution is -0.116. The first kappa shape index (κ1) is 34.1. The lowest BCUT2D eigenvalue weighted by Gasteiger charge is -2.32. The Balaban J connectivity index is 1.75. The van der Waals surface area contributed by atoms with Crippen LogP contribution in [0.5, 0.6) is 5.75 Å². The summed E-state index contributed by atoms with van der Waals surface area (Å²) in [5, 5.41) is 27.3. The number of anilines is 2. The van der Waals surface area contributed by atoms with Gasteiger partial charge in [-0.25, -0.2) is 9.78 Å². The molecule has 3 amide bonds. The second-order valence-corrected chi connectivity index (χ2v) is 12.9. The van der Waals surface area contributed by atoms with Crippen molar-refractivity contribution >= 4 is 56.7 Å². The van der Waals surface area contributed by atoms with Crippen LogP contribution in [0.3, 0.4) is 0 Å². The average Bonchev–Trinajstić information content (AvgIpc) is 3.54. The molecule has 2 heterocycles. The van der Waals surface area contributed by atoms with Gasteiger partial charge in [-0.1, -0.05) is 34.1 Å². The summed E-state index contributed by atoms with van der Waals surface area (Å²) in [6, 6.07) is 19.6. The molecule has 0 saturated heterocycles. The third-order valence-corrected chi connectivity index (χ3v) is 8.08. The van der Waals surface area contributed by atoms with Crippen LogP contribution in [-0.2, 0) is 9.53 Å². The summed E-state index contributed by atoms with van der Waals surface area (Å²) >= 11 is 4.72.